The van der Waals surface area contributed by atoms with Crippen molar-refractivity contribution in [3.63, 3.8) is 0 Å². The first-order valence-electron chi connectivity index (χ1n) is 6.21. The predicted octanol–water partition coefficient (Wildman–Crippen LogP) is 0.344. The van der Waals surface area contributed by atoms with Gasteiger partial charge in [-0.3, -0.25) is 0 Å². The maximum absolute atomic E-state index is 11.7. The van der Waals surface area contributed by atoms with Crippen LogP contribution in [0.25, 0.3) is 0 Å². The van der Waals surface area contributed by atoms with E-state index in [2.05, 4.69) is 10.2 Å². The summed E-state index contributed by atoms with van der Waals surface area (Å²) in [6.07, 6.45) is 6.35. The second-order valence-corrected chi connectivity index (χ2v) is 7.61. The molecule has 1 saturated heterocycles. The van der Waals surface area contributed by atoms with Crippen molar-refractivity contribution in [3.8, 4) is 0 Å². The van der Waals surface area contributed by atoms with Crippen LogP contribution in [0.5, 0.6) is 0 Å². The van der Waals surface area contributed by atoms with E-state index in [1.165, 1.54) is 12.7 Å². The fraction of sp³-hybridized carbons (Fsp3) is 0.818. The lowest BCUT2D eigenvalue weighted by Gasteiger charge is -2.42. The fourth-order valence-corrected chi connectivity index (χ4v) is 4.19. The lowest BCUT2D eigenvalue weighted by atomic mass is 9.62. The largest absolute Gasteiger partial charge is 0.320 e. The summed E-state index contributed by atoms with van der Waals surface area (Å²) in [4.78, 5) is 0. The molecule has 0 bridgehead atoms. The Bertz CT molecular complexity index is 561. The Kier molecular flexibility index (Phi) is 2.54. The van der Waals surface area contributed by atoms with Crippen LogP contribution in [0.3, 0.4) is 0 Å². The maximum atomic E-state index is 11.7. The predicted molar refractivity (Wildman–Crippen MR) is 66.4 cm³/mol. The van der Waals surface area contributed by atoms with Gasteiger partial charge in [-0.1, -0.05) is 6.42 Å². The van der Waals surface area contributed by atoms with Gasteiger partial charge in [0.05, 0.1) is 6.26 Å². The van der Waals surface area contributed by atoms with Crippen molar-refractivity contribution in [1.29, 1.82) is 0 Å². The molecule has 2 fully saturated rings. The third-order valence-corrected chi connectivity index (χ3v) is 5.71. The lowest BCUT2D eigenvalue weighted by molar-refractivity contribution is 0.126. The van der Waals surface area contributed by atoms with Crippen LogP contribution < -0.4 is 0 Å². The molecule has 1 unspecified atom stereocenters. The number of hydrogen-bond donors (Lipinski definition) is 0. The molecule has 0 amide bonds. The van der Waals surface area contributed by atoms with Gasteiger partial charge >= 0.3 is 0 Å². The third-order valence-electron chi connectivity index (χ3n) is 4.49. The van der Waals surface area contributed by atoms with Crippen LogP contribution in [-0.2, 0) is 17.1 Å². The molecule has 18 heavy (non-hydrogen) atoms. The number of rotatable bonds is 2. The van der Waals surface area contributed by atoms with E-state index in [0.29, 0.717) is 13.1 Å². The minimum atomic E-state index is -3.11. The fourth-order valence-electron chi connectivity index (χ4n) is 3.28. The molecule has 0 aromatic carbocycles. The van der Waals surface area contributed by atoms with Crippen molar-refractivity contribution in [1.82, 2.24) is 19.1 Å². The van der Waals surface area contributed by atoms with Crippen LogP contribution in [0.1, 0.15) is 31.0 Å². The zero-order chi connectivity index (χ0) is 13.0. The van der Waals surface area contributed by atoms with Gasteiger partial charge in [0.25, 0.3) is 0 Å². The van der Waals surface area contributed by atoms with E-state index in [1.54, 1.807) is 10.6 Å². The van der Waals surface area contributed by atoms with Crippen LogP contribution in [0.4, 0.5) is 0 Å². The van der Waals surface area contributed by atoms with Gasteiger partial charge in [0, 0.05) is 26.1 Å². The summed E-state index contributed by atoms with van der Waals surface area (Å²) in [5, 5.41) is 8.11. The van der Waals surface area contributed by atoms with Gasteiger partial charge in [0.2, 0.25) is 10.0 Å². The molecule has 0 N–H and O–H groups in total. The van der Waals surface area contributed by atoms with Gasteiger partial charge < -0.3 is 4.57 Å². The van der Waals surface area contributed by atoms with Gasteiger partial charge in [-0.25, -0.2) is 12.7 Å². The first kappa shape index (κ1) is 12.1. The number of hydrogen-bond acceptors (Lipinski definition) is 4. The summed E-state index contributed by atoms with van der Waals surface area (Å²) in [6.45, 7) is 1.19. The van der Waals surface area contributed by atoms with Gasteiger partial charge in [-0.2, -0.15) is 0 Å². The molecule has 1 saturated carbocycles. The first-order valence-corrected chi connectivity index (χ1v) is 8.06. The quantitative estimate of drug-likeness (QED) is 0.777. The van der Waals surface area contributed by atoms with Crippen molar-refractivity contribution in [3.05, 3.63) is 12.2 Å². The van der Waals surface area contributed by atoms with E-state index in [-0.39, 0.29) is 11.3 Å². The zero-order valence-electron chi connectivity index (χ0n) is 10.7. The van der Waals surface area contributed by atoms with Crippen LogP contribution in [0.15, 0.2) is 6.33 Å². The molecule has 3 rings (SSSR count). The van der Waals surface area contributed by atoms with Crippen molar-refractivity contribution in [2.24, 2.45) is 12.5 Å². The van der Waals surface area contributed by atoms with E-state index in [4.69, 9.17) is 0 Å². The molecule has 2 aliphatic rings. The summed E-state index contributed by atoms with van der Waals surface area (Å²) in [6, 6.07) is 0. The van der Waals surface area contributed by atoms with Gasteiger partial charge in [0.1, 0.15) is 12.2 Å². The van der Waals surface area contributed by atoms with Gasteiger partial charge in [-0.05, 0) is 18.3 Å². The Labute approximate surface area is 107 Å². The normalized spacial score (nSPS) is 27.6. The summed E-state index contributed by atoms with van der Waals surface area (Å²) in [5.41, 5.74) is 0.101. The standard InChI is InChI=1S/C11H18N4O2S/c1-14-8-12-13-10(14)9-6-15(18(2,16)17)7-11(9)4-3-5-11/h8-9H,3-7H2,1-2H3. The van der Waals surface area contributed by atoms with E-state index < -0.39 is 10.0 Å². The average molecular weight is 270 g/mol. The smallest absolute Gasteiger partial charge is 0.211 e. The summed E-state index contributed by atoms with van der Waals surface area (Å²) in [7, 11) is -1.19. The first-order chi connectivity index (χ1) is 8.42. The molecular weight excluding hydrogens is 252 g/mol. The molecule has 1 aromatic rings. The number of sulfonamides is 1. The van der Waals surface area contributed by atoms with Crippen LogP contribution in [0, 0.1) is 5.41 Å². The highest BCUT2D eigenvalue weighted by atomic mass is 32.2. The molecule has 1 atom stereocenters. The molecule has 1 aromatic heterocycles. The van der Waals surface area contributed by atoms with Crippen LogP contribution in [0.2, 0.25) is 0 Å². The number of aromatic nitrogens is 3. The molecular formula is C11H18N4O2S. The molecule has 1 aliphatic heterocycles. The topological polar surface area (TPSA) is 68.1 Å². The molecule has 100 valence electrons. The second kappa shape index (κ2) is 3.77. The molecule has 7 heteroatoms. The van der Waals surface area contributed by atoms with E-state index in [0.717, 1.165) is 18.7 Å². The summed E-state index contributed by atoms with van der Waals surface area (Å²) < 4.78 is 27.0. The second-order valence-electron chi connectivity index (χ2n) is 5.62. The SMILES string of the molecule is Cn1cnnc1C1CN(S(C)(=O)=O)CC12CCC2. The van der Waals surface area contributed by atoms with Crippen LogP contribution >= 0.6 is 0 Å². The van der Waals surface area contributed by atoms with Crippen molar-refractivity contribution in [2.45, 2.75) is 25.2 Å². The molecule has 1 spiro atoms. The zero-order valence-corrected chi connectivity index (χ0v) is 11.5. The Morgan fingerprint density at radius 2 is 2.17 bits per heavy atom. The van der Waals surface area contributed by atoms with Gasteiger partial charge in [-0.15, -0.1) is 10.2 Å². The van der Waals surface area contributed by atoms with Crippen LogP contribution in [-0.4, -0.2) is 46.8 Å². The van der Waals surface area contributed by atoms with Crippen molar-refractivity contribution >= 4 is 10.0 Å². The number of nitrogens with zero attached hydrogens (tertiary/aromatic N) is 4. The highest BCUT2D eigenvalue weighted by Gasteiger charge is 2.54. The molecule has 6 nitrogen and oxygen atoms in total. The highest BCUT2D eigenvalue weighted by Crippen LogP contribution is 2.55. The average Bonchev–Trinajstić information content (AvgIpc) is 2.77. The monoisotopic (exact) mass is 270 g/mol. The van der Waals surface area contributed by atoms with E-state index in [1.807, 2.05) is 11.6 Å². The summed E-state index contributed by atoms with van der Waals surface area (Å²) >= 11 is 0. The maximum Gasteiger partial charge on any atom is 0.211 e. The lowest BCUT2D eigenvalue weighted by Crippen LogP contribution is -2.38. The van der Waals surface area contributed by atoms with E-state index in [9.17, 15) is 8.42 Å². The minimum absolute atomic E-state index is 0.101. The molecule has 0 radical (unpaired) electrons. The van der Waals surface area contributed by atoms with Gasteiger partial charge in [0.15, 0.2) is 0 Å². The Morgan fingerprint density at radius 1 is 1.44 bits per heavy atom. The Balaban J connectivity index is 1.96. The highest BCUT2D eigenvalue weighted by molar-refractivity contribution is 7.88. The molecule has 1 aliphatic carbocycles. The molecule has 2 heterocycles. The van der Waals surface area contributed by atoms with Crippen molar-refractivity contribution in [2.75, 3.05) is 19.3 Å². The third kappa shape index (κ3) is 1.68. The Morgan fingerprint density at radius 3 is 2.61 bits per heavy atom. The van der Waals surface area contributed by atoms with E-state index >= 15 is 0 Å². The minimum Gasteiger partial charge on any atom is -0.320 e. The summed E-state index contributed by atoms with van der Waals surface area (Å²) in [5.74, 6) is 1.11. The Hall–Kier alpha value is -0.950. The number of aryl methyl sites for hydroxylation is 1. The van der Waals surface area contributed by atoms with Crippen molar-refractivity contribution < 1.29 is 8.42 Å².